The predicted octanol–water partition coefficient (Wildman–Crippen LogP) is 2.90. The highest BCUT2D eigenvalue weighted by atomic mass is 16.7. The lowest BCUT2D eigenvalue weighted by Crippen LogP contribution is -2.13. The normalized spacial score (nSPS) is 15.5. The lowest BCUT2D eigenvalue weighted by molar-refractivity contribution is -0.117. The molecule has 6 nitrogen and oxygen atoms in total. The van der Waals surface area contributed by atoms with E-state index >= 15 is 0 Å². The highest BCUT2D eigenvalue weighted by molar-refractivity contribution is 5.93. The number of carbonyl (C=O) groups is 1. The Morgan fingerprint density at radius 1 is 1.09 bits per heavy atom. The van der Waals surface area contributed by atoms with E-state index in [2.05, 4.69) is 15.6 Å². The zero-order valence-corrected chi connectivity index (χ0v) is 11.8. The molecule has 22 heavy (non-hydrogen) atoms. The summed E-state index contributed by atoms with van der Waals surface area (Å²) in [6, 6.07) is 9.29. The number of ether oxygens (including phenoxy) is 2. The summed E-state index contributed by atoms with van der Waals surface area (Å²) < 4.78 is 10.6. The molecule has 0 unspecified atom stereocenters. The molecule has 2 N–H and O–H groups in total. The van der Waals surface area contributed by atoms with Gasteiger partial charge in [-0.25, -0.2) is 4.98 Å². The van der Waals surface area contributed by atoms with Gasteiger partial charge in [0.1, 0.15) is 5.82 Å². The molecule has 0 atom stereocenters. The molecule has 1 aromatic heterocycles. The van der Waals surface area contributed by atoms with Crippen molar-refractivity contribution in [1.29, 1.82) is 0 Å². The molecular weight excluding hydrogens is 282 g/mol. The summed E-state index contributed by atoms with van der Waals surface area (Å²) in [4.78, 5) is 16.0. The van der Waals surface area contributed by atoms with Gasteiger partial charge < -0.3 is 20.1 Å². The van der Waals surface area contributed by atoms with E-state index in [9.17, 15) is 4.79 Å². The summed E-state index contributed by atoms with van der Waals surface area (Å²) >= 11 is 0. The molecule has 0 radical (unpaired) electrons. The van der Waals surface area contributed by atoms with E-state index in [1.54, 1.807) is 6.20 Å². The highest BCUT2D eigenvalue weighted by Crippen LogP contribution is 2.35. The van der Waals surface area contributed by atoms with Crippen LogP contribution in [0, 0.1) is 5.92 Å². The molecule has 0 spiro atoms. The molecule has 112 valence electrons. The Morgan fingerprint density at radius 3 is 2.68 bits per heavy atom. The van der Waals surface area contributed by atoms with Crippen molar-refractivity contribution in [2.45, 2.75) is 12.8 Å². The maximum Gasteiger partial charge on any atom is 0.231 e. The number of fused-ring (bicyclic) bond motifs is 1. The monoisotopic (exact) mass is 297 g/mol. The zero-order chi connectivity index (χ0) is 14.9. The molecule has 1 amide bonds. The molecule has 1 aliphatic heterocycles. The maximum absolute atomic E-state index is 11.7. The number of hydrogen-bond donors (Lipinski definition) is 2. The Labute approximate surface area is 127 Å². The van der Waals surface area contributed by atoms with Crippen LogP contribution in [0.15, 0.2) is 36.5 Å². The fourth-order valence-corrected chi connectivity index (χ4v) is 2.25. The van der Waals surface area contributed by atoms with Crippen LogP contribution in [0.4, 0.5) is 17.2 Å². The van der Waals surface area contributed by atoms with Crippen molar-refractivity contribution in [2.24, 2.45) is 5.92 Å². The second-order valence-electron chi connectivity index (χ2n) is 5.39. The number of rotatable bonds is 4. The van der Waals surface area contributed by atoms with Crippen LogP contribution in [0.1, 0.15) is 12.8 Å². The highest BCUT2D eigenvalue weighted by Gasteiger charge is 2.29. The molecule has 0 saturated heterocycles. The van der Waals surface area contributed by atoms with E-state index in [0.29, 0.717) is 11.5 Å². The van der Waals surface area contributed by atoms with Gasteiger partial charge in [0.25, 0.3) is 0 Å². The summed E-state index contributed by atoms with van der Waals surface area (Å²) in [5.41, 5.74) is 1.58. The molecule has 1 aromatic carbocycles. The number of amides is 1. The van der Waals surface area contributed by atoms with Gasteiger partial charge in [-0.2, -0.15) is 0 Å². The average molecular weight is 297 g/mol. The summed E-state index contributed by atoms with van der Waals surface area (Å²) in [5, 5.41) is 6.05. The molecular formula is C16H15N3O3. The number of carbonyl (C=O) groups excluding carboxylic acids is 1. The summed E-state index contributed by atoms with van der Waals surface area (Å²) in [7, 11) is 0. The molecule has 1 aliphatic carbocycles. The third-order valence-corrected chi connectivity index (χ3v) is 3.62. The van der Waals surface area contributed by atoms with Crippen molar-refractivity contribution in [3.8, 4) is 11.5 Å². The number of benzene rings is 1. The second-order valence-corrected chi connectivity index (χ2v) is 5.39. The minimum atomic E-state index is 0.0817. The van der Waals surface area contributed by atoms with Crippen LogP contribution < -0.4 is 20.1 Å². The van der Waals surface area contributed by atoms with E-state index in [1.807, 2.05) is 30.3 Å². The number of anilines is 3. The van der Waals surface area contributed by atoms with Crippen molar-refractivity contribution in [3.63, 3.8) is 0 Å². The molecule has 4 rings (SSSR count). The molecule has 2 aromatic rings. The van der Waals surface area contributed by atoms with Gasteiger partial charge in [-0.15, -0.1) is 0 Å². The molecule has 2 heterocycles. The first-order valence-electron chi connectivity index (χ1n) is 7.21. The minimum absolute atomic E-state index is 0.0817. The van der Waals surface area contributed by atoms with Gasteiger partial charge in [-0.05, 0) is 37.1 Å². The average Bonchev–Trinajstić information content (AvgIpc) is 3.28. The van der Waals surface area contributed by atoms with Crippen LogP contribution in [-0.2, 0) is 4.79 Å². The molecule has 2 aliphatic rings. The van der Waals surface area contributed by atoms with Gasteiger partial charge in [-0.3, -0.25) is 4.79 Å². The number of pyridine rings is 1. The SMILES string of the molecule is O=C(Nc1ccc(Nc2ccc3c(c2)OCO3)nc1)C1CC1. The Balaban J connectivity index is 1.43. The van der Waals surface area contributed by atoms with Gasteiger partial charge in [0.05, 0.1) is 11.9 Å². The van der Waals surface area contributed by atoms with Crippen molar-refractivity contribution < 1.29 is 14.3 Å². The summed E-state index contributed by atoms with van der Waals surface area (Å²) in [6.07, 6.45) is 3.63. The second kappa shape index (κ2) is 5.22. The van der Waals surface area contributed by atoms with Crippen LogP contribution in [0.2, 0.25) is 0 Å². The predicted molar refractivity (Wildman–Crippen MR) is 81.4 cm³/mol. The molecule has 1 fully saturated rings. The summed E-state index contributed by atoms with van der Waals surface area (Å²) in [6.45, 7) is 0.256. The smallest absolute Gasteiger partial charge is 0.231 e. The van der Waals surface area contributed by atoms with Crippen LogP contribution in [-0.4, -0.2) is 17.7 Å². The molecule has 6 heteroatoms. The fraction of sp³-hybridized carbons (Fsp3) is 0.250. The van der Waals surface area contributed by atoms with Gasteiger partial charge >= 0.3 is 0 Å². The van der Waals surface area contributed by atoms with Crippen LogP contribution in [0.5, 0.6) is 11.5 Å². The van der Waals surface area contributed by atoms with Crippen LogP contribution >= 0.6 is 0 Å². The lowest BCUT2D eigenvalue weighted by Gasteiger charge is -2.08. The number of nitrogens with one attached hydrogen (secondary N) is 2. The Kier molecular flexibility index (Phi) is 3.07. The Bertz CT molecular complexity index is 711. The van der Waals surface area contributed by atoms with Crippen molar-refractivity contribution in [1.82, 2.24) is 4.98 Å². The van der Waals surface area contributed by atoms with E-state index < -0.39 is 0 Å². The first-order chi connectivity index (χ1) is 10.8. The summed E-state index contributed by atoms with van der Waals surface area (Å²) in [5.74, 6) is 2.43. The van der Waals surface area contributed by atoms with Crippen molar-refractivity contribution >= 4 is 23.1 Å². The maximum atomic E-state index is 11.7. The number of nitrogens with zero attached hydrogens (tertiary/aromatic N) is 1. The van der Waals surface area contributed by atoms with Crippen molar-refractivity contribution in [3.05, 3.63) is 36.5 Å². The van der Waals surface area contributed by atoms with E-state index in [1.165, 1.54) is 0 Å². The lowest BCUT2D eigenvalue weighted by atomic mass is 10.2. The van der Waals surface area contributed by atoms with Crippen LogP contribution in [0.25, 0.3) is 0 Å². The van der Waals surface area contributed by atoms with E-state index in [4.69, 9.17) is 9.47 Å². The number of hydrogen-bond acceptors (Lipinski definition) is 5. The molecule has 1 saturated carbocycles. The zero-order valence-electron chi connectivity index (χ0n) is 11.8. The fourth-order valence-electron chi connectivity index (χ4n) is 2.25. The van der Waals surface area contributed by atoms with Gasteiger partial charge in [-0.1, -0.05) is 0 Å². The molecule has 0 bridgehead atoms. The van der Waals surface area contributed by atoms with E-state index in [-0.39, 0.29) is 18.6 Å². The standard InChI is InChI=1S/C16H15N3O3/c20-16(10-1-2-10)19-12-4-6-15(17-8-12)18-11-3-5-13-14(7-11)22-9-21-13/h3-8,10H,1-2,9H2,(H,17,18)(H,19,20). The number of aromatic nitrogens is 1. The topological polar surface area (TPSA) is 72.5 Å². The Morgan fingerprint density at radius 2 is 1.91 bits per heavy atom. The van der Waals surface area contributed by atoms with Gasteiger partial charge in [0.15, 0.2) is 11.5 Å². The first kappa shape index (κ1) is 12.9. The third kappa shape index (κ3) is 2.67. The third-order valence-electron chi connectivity index (χ3n) is 3.62. The quantitative estimate of drug-likeness (QED) is 0.908. The van der Waals surface area contributed by atoms with E-state index in [0.717, 1.165) is 30.0 Å². The minimum Gasteiger partial charge on any atom is -0.454 e. The first-order valence-corrected chi connectivity index (χ1v) is 7.21. The van der Waals surface area contributed by atoms with Crippen molar-refractivity contribution in [2.75, 3.05) is 17.4 Å². The largest absolute Gasteiger partial charge is 0.454 e. The van der Waals surface area contributed by atoms with Crippen LogP contribution in [0.3, 0.4) is 0 Å². The van der Waals surface area contributed by atoms with Gasteiger partial charge in [0.2, 0.25) is 12.7 Å². The van der Waals surface area contributed by atoms with Gasteiger partial charge in [0, 0.05) is 17.7 Å². The Hall–Kier alpha value is -2.76.